The molecule has 52 heavy (non-hydrogen) atoms. The minimum absolute atomic E-state index is 0.0290. The summed E-state index contributed by atoms with van der Waals surface area (Å²) in [5, 5.41) is 0. The summed E-state index contributed by atoms with van der Waals surface area (Å²) in [6.07, 6.45) is -0.811. The third kappa shape index (κ3) is 8.55. The van der Waals surface area contributed by atoms with E-state index in [4.69, 9.17) is 9.47 Å². The van der Waals surface area contributed by atoms with E-state index in [-0.39, 0.29) is 25.7 Å². The van der Waals surface area contributed by atoms with Gasteiger partial charge < -0.3 is 9.47 Å². The molecule has 6 aromatic carbocycles. The number of sulfone groups is 2. The van der Waals surface area contributed by atoms with Crippen LogP contribution in [0.4, 0.5) is 8.78 Å². The van der Waals surface area contributed by atoms with E-state index >= 15 is 0 Å². The molecule has 6 nitrogen and oxygen atoms in total. The molecule has 0 fully saturated rings. The van der Waals surface area contributed by atoms with Crippen LogP contribution in [0.3, 0.4) is 0 Å². The lowest BCUT2D eigenvalue weighted by Gasteiger charge is -2.19. The molecule has 0 amide bonds. The lowest BCUT2D eigenvalue weighted by Crippen LogP contribution is -2.07. The molecule has 0 aliphatic rings. The van der Waals surface area contributed by atoms with Gasteiger partial charge in [0.1, 0.15) is 35.3 Å². The Morgan fingerprint density at radius 1 is 0.538 bits per heavy atom. The van der Waals surface area contributed by atoms with E-state index in [1.165, 1.54) is 67.6 Å². The quantitative estimate of drug-likeness (QED) is 0.108. The molecule has 6 aromatic rings. The zero-order chi connectivity index (χ0) is 36.9. The third-order valence-electron chi connectivity index (χ3n) is 8.24. The Morgan fingerprint density at radius 3 is 1.33 bits per heavy atom. The maximum absolute atomic E-state index is 13.5. The smallest absolute Gasteiger partial charge is 0.206 e. The number of benzene rings is 6. The summed E-state index contributed by atoms with van der Waals surface area (Å²) in [5.74, 6) is 1.24. The van der Waals surface area contributed by atoms with Gasteiger partial charge in [-0.05, 0) is 146 Å². The zero-order valence-corrected chi connectivity index (χ0v) is 30.6. The van der Waals surface area contributed by atoms with Crippen LogP contribution in [0.2, 0.25) is 0 Å². The molecule has 6 rings (SSSR count). The van der Waals surface area contributed by atoms with E-state index in [2.05, 4.69) is 0 Å². The van der Waals surface area contributed by atoms with Crippen LogP contribution in [0.5, 0.6) is 17.2 Å². The Kier molecular flexibility index (Phi) is 11.1. The molecule has 2 unspecified atom stereocenters. The van der Waals surface area contributed by atoms with Crippen LogP contribution in [-0.2, 0) is 19.7 Å². The Hall–Kier alpha value is -4.97. The molecule has 0 N–H and O–H groups in total. The normalized spacial score (nSPS) is 12.9. The van der Waals surface area contributed by atoms with Crippen LogP contribution in [0.15, 0.2) is 175 Å². The molecule has 11 heteroatoms. The van der Waals surface area contributed by atoms with Gasteiger partial charge in [0, 0.05) is 9.79 Å². The second-order valence-corrected chi connectivity index (χ2v) is 16.9. The lowest BCUT2D eigenvalue weighted by molar-refractivity contribution is 0.201. The highest BCUT2D eigenvalue weighted by Crippen LogP contribution is 2.34. The predicted molar refractivity (Wildman–Crippen MR) is 197 cm³/mol. The molecule has 2 atom stereocenters. The van der Waals surface area contributed by atoms with Gasteiger partial charge >= 0.3 is 0 Å². The van der Waals surface area contributed by atoms with E-state index in [0.717, 1.165) is 27.5 Å². The number of halogens is 2. The van der Waals surface area contributed by atoms with E-state index in [9.17, 15) is 25.6 Å². The van der Waals surface area contributed by atoms with Crippen molar-refractivity contribution in [2.45, 2.75) is 61.9 Å². The topological polar surface area (TPSA) is 86.7 Å². The standard InChI is InChI=1S/C41H34F2O6S3/c1-3-41(30-6-22-38(23-7-30)51(44,45)39-24-8-31(43)9-25-39)49-34-12-18-36(19-13-34)50-35-16-10-32(11-17-35)48-33-14-26-40(27-15-33)52(46,47)37-20-4-29(5-21-37)28(2)42/h4-28,41H,3H2,1-2H3. The first-order valence-electron chi connectivity index (χ1n) is 16.3. The number of hydrogen-bond acceptors (Lipinski definition) is 7. The first kappa shape index (κ1) is 36.8. The average Bonchev–Trinajstić information content (AvgIpc) is 3.16. The molecule has 0 saturated heterocycles. The molecule has 0 aliphatic heterocycles. The van der Waals surface area contributed by atoms with Crippen molar-refractivity contribution < 1.29 is 35.1 Å². The van der Waals surface area contributed by atoms with Crippen LogP contribution in [0.1, 0.15) is 43.7 Å². The minimum atomic E-state index is -3.77. The van der Waals surface area contributed by atoms with Crippen LogP contribution in [-0.4, -0.2) is 16.8 Å². The molecular weight excluding hydrogens is 723 g/mol. The van der Waals surface area contributed by atoms with Gasteiger partial charge in [0.05, 0.1) is 19.6 Å². The maximum Gasteiger partial charge on any atom is 0.206 e. The molecule has 0 bridgehead atoms. The Bertz CT molecular complexity index is 2330. The van der Waals surface area contributed by atoms with Crippen molar-refractivity contribution in [3.63, 3.8) is 0 Å². The van der Waals surface area contributed by atoms with Gasteiger partial charge in [-0.15, -0.1) is 0 Å². The summed E-state index contributed by atoms with van der Waals surface area (Å²) in [4.78, 5) is 2.33. The van der Waals surface area contributed by atoms with Crippen molar-refractivity contribution in [2.75, 3.05) is 0 Å². The van der Waals surface area contributed by atoms with Gasteiger partial charge in [-0.2, -0.15) is 0 Å². The molecular formula is C41H34F2O6S3. The summed E-state index contributed by atoms with van der Waals surface area (Å²) >= 11 is 1.56. The highest BCUT2D eigenvalue weighted by atomic mass is 32.2. The Balaban J connectivity index is 1.03. The molecule has 0 aromatic heterocycles. The fourth-order valence-electron chi connectivity index (χ4n) is 5.33. The van der Waals surface area contributed by atoms with Crippen LogP contribution in [0.25, 0.3) is 0 Å². The summed E-state index contributed by atoms with van der Waals surface area (Å²) in [7, 11) is -7.53. The predicted octanol–water partition coefficient (Wildman–Crippen LogP) is 11.0. The summed E-state index contributed by atoms with van der Waals surface area (Å²) < 4.78 is 90.9. The summed E-state index contributed by atoms with van der Waals surface area (Å²) in [5.41, 5.74) is 1.25. The minimum Gasteiger partial charge on any atom is -0.486 e. The molecule has 0 aliphatic carbocycles. The second kappa shape index (κ2) is 15.7. The second-order valence-electron chi connectivity index (χ2n) is 11.8. The van der Waals surface area contributed by atoms with Crippen molar-refractivity contribution in [1.82, 2.24) is 0 Å². The van der Waals surface area contributed by atoms with Crippen molar-refractivity contribution in [2.24, 2.45) is 0 Å². The largest absolute Gasteiger partial charge is 0.486 e. The molecule has 0 spiro atoms. The maximum atomic E-state index is 13.5. The molecule has 0 saturated carbocycles. The number of rotatable bonds is 13. The number of alkyl halides is 1. The van der Waals surface area contributed by atoms with E-state index < -0.39 is 31.7 Å². The van der Waals surface area contributed by atoms with Gasteiger partial charge in [-0.1, -0.05) is 43.0 Å². The van der Waals surface area contributed by atoms with Gasteiger partial charge in [0.15, 0.2) is 0 Å². The van der Waals surface area contributed by atoms with E-state index in [0.29, 0.717) is 29.2 Å². The Morgan fingerprint density at radius 2 is 0.904 bits per heavy atom. The van der Waals surface area contributed by atoms with Gasteiger partial charge in [-0.3, -0.25) is 0 Å². The zero-order valence-electron chi connectivity index (χ0n) is 28.1. The monoisotopic (exact) mass is 756 g/mol. The van der Waals surface area contributed by atoms with Crippen molar-refractivity contribution >= 4 is 31.4 Å². The van der Waals surface area contributed by atoms with Gasteiger partial charge in [0.2, 0.25) is 19.7 Å². The molecule has 0 radical (unpaired) electrons. The van der Waals surface area contributed by atoms with E-state index in [1.807, 2.05) is 55.5 Å². The van der Waals surface area contributed by atoms with Crippen LogP contribution in [0, 0.1) is 5.82 Å². The number of hydrogen-bond donors (Lipinski definition) is 0. The van der Waals surface area contributed by atoms with E-state index in [1.54, 1.807) is 36.0 Å². The Labute approximate surface area is 306 Å². The van der Waals surface area contributed by atoms with Crippen LogP contribution >= 0.6 is 11.8 Å². The number of ether oxygens (including phenoxy) is 2. The fourth-order valence-corrected chi connectivity index (χ4v) is 8.67. The fraction of sp³-hybridized carbons (Fsp3) is 0.122. The first-order chi connectivity index (χ1) is 24.9. The summed E-state index contributed by atoms with van der Waals surface area (Å²) in [6.45, 7) is 3.39. The lowest BCUT2D eigenvalue weighted by atomic mass is 10.1. The third-order valence-corrected chi connectivity index (χ3v) is 12.8. The van der Waals surface area contributed by atoms with Gasteiger partial charge in [-0.25, -0.2) is 25.6 Å². The van der Waals surface area contributed by atoms with Crippen molar-refractivity contribution in [1.29, 1.82) is 0 Å². The summed E-state index contributed by atoms with van der Waals surface area (Å²) in [6, 6.07) is 38.5. The highest BCUT2D eigenvalue weighted by molar-refractivity contribution is 7.99. The van der Waals surface area contributed by atoms with Gasteiger partial charge in [0.25, 0.3) is 0 Å². The SMILES string of the molecule is CCC(Oc1ccc(Sc2ccc(Oc3ccc(S(=O)(=O)c4ccc(C(C)F)cc4)cc3)cc2)cc1)c1ccc(S(=O)(=O)c2ccc(F)cc2)cc1. The molecule has 266 valence electrons. The average molecular weight is 757 g/mol. The van der Waals surface area contributed by atoms with Crippen molar-refractivity contribution in [3.05, 3.63) is 163 Å². The molecule has 0 heterocycles. The highest BCUT2D eigenvalue weighted by Gasteiger charge is 2.20. The van der Waals surface area contributed by atoms with Crippen LogP contribution < -0.4 is 9.47 Å². The van der Waals surface area contributed by atoms with Crippen molar-refractivity contribution in [3.8, 4) is 17.2 Å². The first-order valence-corrected chi connectivity index (χ1v) is 20.1.